The van der Waals surface area contributed by atoms with E-state index in [0.29, 0.717) is 16.8 Å². The zero-order chi connectivity index (χ0) is 50.1. The fourth-order valence-electron chi connectivity index (χ4n) is 9.00. The molecule has 0 aliphatic heterocycles. The van der Waals surface area contributed by atoms with Gasteiger partial charge < -0.3 is 9.13 Å². The van der Waals surface area contributed by atoms with Crippen LogP contribution in [0, 0.1) is 0 Å². The molecule has 4 heterocycles. The largest absolute Gasteiger partial charge is 0.309 e. The summed E-state index contributed by atoms with van der Waals surface area (Å²) in [6, 6.07) is 45.8. The highest BCUT2D eigenvalue weighted by Gasteiger charge is 2.24. The fourth-order valence-corrected chi connectivity index (χ4v) is 9.00. The lowest BCUT2D eigenvalue weighted by Crippen LogP contribution is -2.07. The van der Waals surface area contributed by atoms with Crippen LogP contribution in [0.4, 0.5) is 0 Å². The van der Waals surface area contributed by atoms with Crippen molar-refractivity contribution in [3.8, 4) is 51.2 Å². The predicted octanol–water partition coefficient (Wildman–Crippen LogP) is 14.2. The normalized spacial score (nSPS) is 14.0. The lowest BCUT2D eigenvalue weighted by Gasteiger charge is -2.14. The van der Waals surface area contributed by atoms with E-state index in [9.17, 15) is 8.22 Å². The monoisotopic (exact) mass is 814 g/mol. The molecule has 9 aromatic carbocycles. The minimum Gasteiger partial charge on any atom is -0.309 e. The van der Waals surface area contributed by atoms with Gasteiger partial charge in [-0.05, 0) is 59.6 Å². The van der Waals surface area contributed by atoms with Crippen LogP contribution >= 0.6 is 0 Å². The summed E-state index contributed by atoms with van der Waals surface area (Å²) in [4.78, 5) is 15.4. The van der Waals surface area contributed by atoms with Gasteiger partial charge in [-0.3, -0.25) is 4.57 Å². The van der Waals surface area contributed by atoms with Crippen LogP contribution in [0.2, 0.25) is 0 Å². The molecule has 0 atom stereocenters. The Bertz CT molecular complexity index is 4500. The van der Waals surface area contributed by atoms with E-state index in [2.05, 4.69) is 16.7 Å². The Morgan fingerprint density at radius 3 is 1.60 bits per heavy atom. The molecule has 0 saturated carbocycles. The standard InChI is InChI=1S/C57H36N6/c1-4-17-37(18-5-1)39-21-16-24-42(35-39)62-50-29-14-11-26-44(50)47-33-34-48-45-27-12-15-30-51(45)63(54(48)53(47)62)57-59-55(38-19-6-2-7-20-38)58-56(60-57)40-31-32-46-43-25-10-13-28-49(43)61(52(46)36-40)41-22-8-3-9-23-41/h1-36H/i11D,12D,14D,15D,26D,27D,29D,30D,33D,34D. The Labute approximate surface area is 376 Å². The molecule has 0 N–H and O–H groups in total. The summed E-state index contributed by atoms with van der Waals surface area (Å²) in [7, 11) is 0. The second kappa shape index (κ2) is 14.0. The summed E-state index contributed by atoms with van der Waals surface area (Å²) < 4.78 is 98.7. The van der Waals surface area contributed by atoms with Crippen LogP contribution in [-0.4, -0.2) is 28.7 Å². The Kier molecular flexibility index (Phi) is 5.89. The number of benzene rings is 9. The number of fused-ring (bicyclic) bond motifs is 10. The molecule has 0 aliphatic carbocycles. The van der Waals surface area contributed by atoms with Crippen LogP contribution in [0.15, 0.2) is 218 Å². The number of hydrogen-bond acceptors (Lipinski definition) is 3. The van der Waals surface area contributed by atoms with Crippen molar-refractivity contribution in [2.45, 2.75) is 0 Å². The van der Waals surface area contributed by atoms with Crippen molar-refractivity contribution in [2.75, 3.05) is 0 Å². The van der Waals surface area contributed by atoms with Crippen LogP contribution in [0.1, 0.15) is 13.7 Å². The first-order chi connectivity index (χ1) is 35.4. The van der Waals surface area contributed by atoms with Gasteiger partial charge in [-0.15, -0.1) is 0 Å². The third-order valence-corrected chi connectivity index (χ3v) is 11.8. The van der Waals surface area contributed by atoms with Crippen LogP contribution in [0.3, 0.4) is 0 Å². The Balaban J connectivity index is 1.23. The van der Waals surface area contributed by atoms with Gasteiger partial charge in [0, 0.05) is 54.8 Å². The number of rotatable bonds is 6. The molecule has 6 heteroatoms. The van der Waals surface area contributed by atoms with Crippen molar-refractivity contribution in [1.82, 2.24) is 28.7 Å². The van der Waals surface area contributed by atoms with Crippen molar-refractivity contribution in [3.63, 3.8) is 0 Å². The van der Waals surface area contributed by atoms with E-state index in [4.69, 9.17) is 20.4 Å². The van der Waals surface area contributed by atoms with Crippen molar-refractivity contribution in [1.29, 1.82) is 0 Å². The van der Waals surface area contributed by atoms with Crippen molar-refractivity contribution < 1.29 is 13.7 Å². The van der Waals surface area contributed by atoms with E-state index in [-0.39, 0.29) is 67.3 Å². The third-order valence-electron chi connectivity index (χ3n) is 11.8. The third kappa shape index (κ3) is 5.48. The Morgan fingerprint density at radius 1 is 0.317 bits per heavy atom. The van der Waals surface area contributed by atoms with Gasteiger partial charge in [0.25, 0.3) is 0 Å². The summed E-state index contributed by atoms with van der Waals surface area (Å²) in [6.45, 7) is 0. The molecule has 0 aliphatic rings. The van der Waals surface area contributed by atoms with Crippen LogP contribution in [-0.2, 0) is 0 Å². The van der Waals surface area contributed by atoms with Gasteiger partial charge in [-0.2, -0.15) is 9.97 Å². The van der Waals surface area contributed by atoms with Crippen LogP contribution in [0.5, 0.6) is 0 Å². The number of nitrogens with zero attached hydrogens (tertiary/aromatic N) is 6. The molecular weight excluding hydrogens is 769 g/mol. The Morgan fingerprint density at radius 2 is 0.873 bits per heavy atom. The second-order valence-corrected chi connectivity index (χ2v) is 15.3. The average Bonchev–Trinajstić information content (AvgIpc) is 4.10. The minimum absolute atomic E-state index is 0.00806. The summed E-state index contributed by atoms with van der Waals surface area (Å²) in [5, 5.41) is 1.97. The summed E-state index contributed by atoms with van der Waals surface area (Å²) in [6.07, 6.45) is 0. The molecule has 0 amide bonds. The van der Waals surface area contributed by atoms with Gasteiger partial charge >= 0.3 is 0 Å². The zero-order valence-corrected chi connectivity index (χ0v) is 33.2. The Hall–Kier alpha value is -8.61. The number of hydrogen-bond donors (Lipinski definition) is 0. The molecule has 294 valence electrons. The molecule has 0 unspecified atom stereocenters. The average molecular weight is 815 g/mol. The highest BCUT2D eigenvalue weighted by Crippen LogP contribution is 2.42. The smallest absolute Gasteiger partial charge is 0.238 e. The predicted molar refractivity (Wildman–Crippen MR) is 259 cm³/mol. The molecular formula is C57H36N6. The van der Waals surface area contributed by atoms with E-state index in [0.717, 1.165) is 38.6 Å². The van der Waals surface area contributed by atoms with Gasteiger partial charge in [0.1, 0.15) is 0 Å². The molecule has 13 aromatic rings. The number of aromatic nitrogens is 6. The van der Waals surface area contributed by atoms with Gasteiger partial charge in [-0.25, -0.2) is 4.98 Å². The first-order valence-electron chi connectivity index (χ1n) is 25.5. The van der Waals surface area contributed by atoms with Gasteiger partial charge in [0.15, 0.2) is 11.6 Å². The van der Waals surface area contributed by atoms with E-state index in [1.807, 2.05) is 140 Å². The van der Waals surface area contributed by atoms with E-state index in [1.54, 1.807) is 10.6 Å². The molecule has 6 nitrogen and oxygen atoms in total. The molecule has 0 spiro atoms. The molecule has 0 saturated heterocycles. The first-order valence-corrected chi connectivity index (χ1v) is 20.5. The van der Waals surface area contributed by atoms with Gasteiger partial charge in [0.2, 0.25) is 5.95 Å². The maximum atomic E-state index is 9.83. The molecule has 0 radical (unpaired) electrons. The quantitative estimate of drug-likeness (QED) is 0.168. The maximum absolute atomic E-state index is 9.83. The van der Waals surface area contributed by atoms with E-state index < -0.39 is 54.4 Å². The lowest BCUT2D eigenvalue weighted by molar-refractivity contribution is 0.953. The van der Waals surface area contributed by atoms with Crippen LogP contribution in [0.25, 0.3) is 117 Å². The molecule has 63 heavy (non-hydrogen) atoms. The maximum Gasteiger partial charge on any atom is 0.238 e. The second-order valence-electron chi connectivity index (χ2n) is 15.3. The summed E-state index contributed by atoms with van der Waals surface area (Å²) in [5.74, 6) is 0.377. The van der Waals surface area contributed by atoms with E-state index >= 15 is 0 Å². The molecule has 4 aromatic heterocycles. The molecule has 0 bridgehead atoms. The van der Waals surface area contributed by atoms with Crippen molar-refractivity contribution in [2.24, 2.45) is 0 Å². The zero-order valence-electron chi connectivity index (χ0n) is 43.2. The van der Waals surface area contributed by atoms with E-state index in [1.165, 1.54) is 4.57 Å². The molecule has 13 rings (SSSR count). The SMILES string of the molecule is [2H]c1c([2H])c([2H])c2c(c1[2H])c1c([2H])c([2H])c3c4c([2H])c([2H])c([2H])c([2H])c4n(-c4nc(-c5ccccc5)nc(-c5ccc6c7ccccc7n(-c7ccccc7)c6c5)n4)c3c1n2-c1cccc(-c2ccccc2)c1. The molecule has 0 fully saturated rings. The highest BCUT2D eigenvalue weighted by atomic mass is 15.2. The van der Waals surface area contributed by atoms with Crippen molar-refractivity contribution in [3.05, 3.63) is 218 Å². The lowest BCUT2D eigenvalue weighted by atomic mass is 10.1. The van der Waals surface area contributed by atoms with Crippen molar-refractivity contribution >= 4 is 65.4 Å². The first kappa shape index (κ1) is 26.6. The topological polar surface area (TPSA) is 53.5 Å². The highest BCUT2D eigenvalue weighted by molar-refractivity contribution is 6.23. The van der Waals surface area contributed by atoms with Gasteiger partial charge in [0.05, 0.1) is 46.8 Å². The summed E-state index contributed by atoms with van der Waals surface area (Å²) in [5.41, 5.74) is 6.34. The van der Waals surface area contributed by atoms with Crippen LogP contribution < -0.4 is 0 Å². The fraction of sp³-hybridized carbons (Fsp3) is 0. The number of para-hydroxylation sites is 4. The van der Waals surface area contributed by atoms with Gasteiger partial charge in [-0.1, -0.05) is 170 Å². The summed E-state index contributed by atoms with van der Waals surface area (Å²) >= 11 is 0. The minimum atomic E-state index is -0.554.